The number of rotatable bonds is 5. The van der Waals surface area contributed by atoms with Crippen LogP contribution < -0.4 is 5.32 Å². The van der Waals surface area contributed by atoms with Crippen LogP contribution in [0.15, 0.2) is 0 Å². The maximum atomic E-state index is 11.5. The molecule has 0 radical (unpaired) electrons. The zero-order valence-electron chi connectivity index (χ0n) is 10.0. The van der Waals surface area contributed by atoms with Crippen LogP contribution >= 0.6 is 11.5 Å². The number of likely N-dealkylation sites (N-methyl/N-ethyl adjacent to an activating group) is 2. The molecule has 1 rings (SSSR count). The minimum atomic E-state index is 0.0803. The van der Waals surface area contributed by atoms with Gasteiger partial charge in [0.1, 0.15) is 10.7 Å². The zero-order valence-corrected chi connectivity index (χ0v) is 10.8. The first kappa shape index (κ1) is 12.9. The minimum absolute atomic E-state index is 0.0803. The van der Waals surface area contributed by atoms with E-state index in [0.29, 0.717) is 13.1 Å². The highest BCUT2D eigenvalue weighted by atomic mass is 32.1. The quantitative estimate of drug-likeness (QED) is 0.795. The normalized spacial score (nSPS) is 10.6. The number of hydrogen-bond donors (Lipinski definition) is 1. The highest BCUT2D eigenvalue weighted by molar-refractivity contribution is 7.10. The van der Waals surface area contributed by atoms with Gasteiger partial charge in [0.2, 0.25) is 5.91 Å². The number of nitrogens with zero attached hydrogens (tertiary/aromatic N) is 4. The van der Waals surface area contributed by atoms with Crippen LogP contribution in [-0.4, -0.2) is 60.0 Å². The molecular formula is C9H17N5OS. The summed E-state index contributed by atoms with van der Waals surface area (Å²) in [6.45, 7) is 1.000. The van der Waals surface area contributed by atoms with Gasteiger partial charge >= 0.3 is 0 Å². The van der Waals surface area contributed by atoms with Crippen LogP contribution in [-0.2, 0) is 11.3 Å². The summed E-state index contributed by atoms with van der Waals surface area (Å²) < 4.78 is 3.87. The molecule has 0 saturated carbocycles. The third-order valence-corrected chi connectivity index (χ3v) is 2.89. The molecule has 0 aliphatic heterocycles. The third-order valence-electron chi connectivity index (χ3n) is 2.11. The summed E-state index contributed by atoms with van der Waals surface area (Å²) in [6.07, 6.45) is 0. The summed E-state index contributed by atoms with van der Waals surface area (Å²) in [4.78, 5) is 15.0. The summed E-state index contributed by atoms with van der Waals surface area (Å²) in [6, 6.07) is 0. The van der Waals surface area contributed by atoms with Crippen LogP contribution in [0.1, 0.15) is 5.69 Å². The lowest BCUT2D eigenvalue weighted by molar-refractivity contribution is -0.129. The second kappa shape index (κ2) is 5.76. The van der Waals surface area contributed by atoms with Crippen LogP contribution in [0.2, 0.25) is 0 Å². The van der Waals surface area contributed by atoms with Crippen molar-refractivity contribution in [3.63, 3.8) is 0 Å². The summed E-state index contributed by atoms with van der Waals surface area (Å²) in [5.74, 6) is 0.0803. The lowest BCUT2D eigenvalue weighted by Gasteiger charge is -2.18. The zero-order chi connectivity index (χ0) is 12.1. The van der Waals surface area contributed by atoms with Gasteiger partial charge in [-0.2, -0.15) is 0 Å². The van der Waals surface area contributed by atoms with E-state index in [1.54, 1.807) is 19.0 Å². The summed E-state index contributed by atoms with van der Waals surface area (Å²) in [5.41, 5.74) is 0.876. The molecule has 1 N–H and O–H groups in total. The van der Waals surface area contributed by atoms with Crippen LogP contribution in [0, 0.1) is 0 Å². The molecule has 0 aliphatic carbocycles. The number of hydrogen-bond acceptors (Lipinski definition) is 6. The molecule has 0 unspecified atom stereocenters. The first-order valence-corrected chi connectivity index (χ1v) is 5.69. The van der Waals surface area contributed by atoms with Gasteiger partial charge in [-0.15, -0.1) is 5.10 Å². The van der Waals surface area contributed by atoms with Crippen molar-refractivity contribution in [2.24, 2.45) is 0 Å². The van der Waals surface area contributed by atoms with E-state index in [4.69, 9.17) is 0 Å². The molecule has 0 spiro atoms. The number of carbonyl (C=O) groups excluding carboxylic acids is 1. The molecule has 90 valence electrons. The van der Waals surface area contributed by atoms with E-state index in [-0.39, 0.29) is 5.91 Å². The van der Waals surface area contributed by atoms with E-state index in [0.717, 1.165) is 10.7 Å². The van der Waals surface area contributed by atoms with Gasteiger partial charge in [0.25, 0.3) is 0 Å². The monoisotopic (exact) mass is 243 g/mol. The molecule has 1 amide bonds. The van der Waals surface area contributed by atoms with Gasteiger partial charge in [0.15, 0.2) is 0 Å². The summed E-state index contributed by atoms with van der Waals surface area (Å²) >= 11 is 1.32. The molecule has 6 nitrogen and oxygen atoms in total. The number of nitrogens with one attached hydrogen (secondary N) is 1. The molecule has 1 aromatic rings. The van der Waals surface area contributed by atoms with Crippen molar-refractivity contribution < 1.29 is 4.79 Å². The van der Waals surface area contributed by atoms with E-state index in [1.807, 2.05) is 19.0 Å². The van der Waals surface area contributed by atoms with Gasteiger partial charge < -0.3 is 10.2 Å². The Morgan fingerprint density at radius 1 is 1.44 bits per heavy atom. The molecule has 0 bridgehead atoms. The van der Waals surface area contributed by atoms with Crippen molar-refractivity contribution in [1.82, 2.24) is 19.4 Å². The average molecular weight is 243 g/mol. The molecule has 7 heteroatoms. The lowest BCUT2D eigenvalue weighted by Crippen LogP contribution is -2.34. The van der Waals surface area contributed by atoms with E-state index >= 15 is 0 Å². The summed E-state index contributed by atoms with van der Waals surface area (Å²) in [5, 5.41) is 8.00. The Morgan fingerprint density at radius 2 is 2.12 bits per heavy atom. The van der Waals surface area contributed by atoms with E-state index < -0.39 is 0 Å². The van der Waals surface area contributed by atoms with Gasteiger partial charge in [-0.3, -0.25) is 9.69 Å². The number of amides is 1. The number of aromatic nitrogens is 2. The highest BCUT2D eigenvalue weighted by Gasteiger charge is 2.12. The van der Waals surface area contributed by atoms with Gasteiger partial charge in [-0.1, -0.05) is 4.49 Å². The maximum absolute atomic E-state index is 11.5. The second-order valence-electron chi connectivity index (χ2n) is 3.76. The fourth-order valence-corrected chi connectivity index (χ4v) is 1.71. The van der Waals surface area contributed by atoms with E-state index in [9.17, 15) is 4.79 Å². The Morgan fingerprint density at radius 3 is 2.69 bits per heavy atom. The molecule has 0 aromatic carbocycles. The standard InChI is InChI=1S/C9H17N5OS/c1-10-9-7(11-12-16-9)5-14(4)6-8(15)13(2)3/h10H,5-6H2,1-4H3. The predicted octanol–water partition coefficient (Wildman–Crippen LogP) is 0.0998. The maximum Gasteiger partial charge on any atom is 0.236 e. The SMILES string of the molecule is CNc1snnc1CN(C)CC(=O)N(C)C. The molecule has 0 aliphatic rings. The first-order chi connectivity index (χ1) is 7.54. The van der Waals surface area contributed by atoms with Crippen molar-refractivity contribution >= 4 is 22.4 Å². The molecule has 0 atom stereocenters. The topological polar surface area (TPSA) is 61.4 Å². The fourth-order valence-electron chi connectivity index (χ4n) is 1.19. The van der Waals surface area contributed by atoms with Crippen LogP contribution in [0.25, 0.3) is 0 Å². The van der Waals surface area contributed by atoms with Gasteiger partial charge in [-0.25, -0.2) is 0 Å². The highest BCUT2D eigenvalue weighted by Crippen LogP contribution is 2.17. The van der Waals surface area contributed by atoms with E-state index in [1.165, 1.54) is 11.5 Å². The van der Waals surface area contributed by atoms with Crippen molar-refractivity contribution in [3.05, 3.63) is 5.69 Å². The van der Waals surface area contributed by atoms with Gasteiger partial charge in [0, 0.05) is 39.2 Å². The van der Waals surface area contributed by atoms with E-state index in [2.05, 4.69) is 14.9 Å². The lowest BCUT2D eigenvalue weighted by atomic mass is 10.4. The average Bonchev–Trinajstić information content (AvgIpc) is 2.64. The predicted molar refractivity (Wildman–Crippen MR) is 64.5 cm³/mol. The second-order valence-corrected chi connectivity index (χ2v) is 4.51. The Labute approximate surface area is 99.4 Å². The minimum Gasteiger partial charge on any atom is -0.377 e. The van der Waals surface area contributed by atoms with Crippen LogP contribution in [0.5, 0.6) is 0 Å². The van der Waals surface area contributed by atoms with Crippen LogP contribution in [0.4, 0.5) is 5.00 Å². The molecule has 1 aromatic heterocycles. The van der Waals surface area contributed by atoms with Crippen molar-refractivity contribution in [2.75, 3.05) is 40.1 Å². The largest absolute Gasteiger partial charge is 0.377 e. The molecule has 0 saturated heterocycles. The fraction of sp³-hybridized carbons (Fsp3) is 0.667. The molecule has 16 heavy (non-hydrogen) atoms. The van der Waals surface area contributed by atoms with Crippen molar-refractivity contribution in [2.45, 2.75) is 6.54 Å². The Bertz CT molecular complexity index is 351. The first-order valence-electron chi connectivity index (χ1n) is 4.92. The third kappa shape index (κ3) is 3.42. The molecule has 1 heterocycles. The Hall–Kier alpha value is -1.21. The summed E-state index contributed by atoms with van der Waals surface area (Å²) in [7, 11) is 7.23. The smallest absolute Gasteiger partial charge is 0.236 e. The number of carbonyl (C=O) groups is 1. The molecular weight excluding hydrogens is 226 g/mol. The van der Waals surface area contributed by atoms with Crippen LogP contribution in [0.3, 0.4) is 0 Å². The van der Waals surface area contributed by atoms with Crippen molar-refractivity contribution in [3.8, 4) is 0 Å². The van der Waals surface area contributed by atoms with Gasteiger partial charge in [-0.05, 0) is 7.05 Å². The molecule has 0 fully saturated rings. The van der Waals surface area contributed by atoms with Gasteiger partial charge in [0.05, 0.1) is 6.54 Å². The Kier molecular flexibility index (Phi) is 4.63. The Balaban J connectivity index is 2.51. The number of anilines is 1. The van der Waals surface area contributed by atoms with Crippen molar-refractivity contribution in [1.29, 1.82) is 0 Å².